The third-order valence-electron chi connectivity index (χ3n) is 4.28. The van der Waals surface area contributed by atoms with Gasteiger partial charge in [0.05, 0.1) is 6.54 Å². The highest BCUT2D eigenvalue weighted by Crippen LogP contribution is 2.28. The van der Waals surface area contributed by atoms with E-state index in [0.29, 0.717) is 6.04 Å². The van der Waals surface area contributed by atoms with Crippen molar-refractivity contribution in [2.45, 2.75) is 45.1 Å². The minimum absolute atomic E-state index is 0.613. The first kappa shape index (κ1) is 16.6. The largest absolute Gasteiger partial charge is 0.381 e. The molecular weight excluding hydrogens is 264 g/mol. The van der Waals surface area contributed by atoms with Crippen molar-refractivity contribution in [3.63, 3.8) is 0 Å². The average Bonchev–Trinajstić information content (AvgIpc) is 3.21. The van der Waals surface area contributed by atoms with Gasteiger partial charge in [0, 0.05) is 32.3 Å². The molecule has 2 aliphatic rings. The van der Waals surface area contributed by atoms with E-state index in [-0.39, 0.29) is 0 Å². The van der Waals surface area contributed by atoms with Crippen LogP contribution >= 0.6 is 0 Å². The maximum absolute atomic E-state index is 5.65. The second kappa shape index (κ2) is 9.26. The SMILES string of the molecule is CCNC(=NCC1CCCN1C)NCCCOCC1CC1. The standard InChI is InChI=1S/C16H32N4O/c1-3-17-16(19-12-15-6-4-10-20(15)2)18-9-5-11-21-13-14-7-8-14/h14-15H,3-13H2,1-2H3,(H2,17,18,19). The van der Waals surface area contributed by atoms with Gasteiger partial charge in [-0.05, 0) is 58.5 Å². The molecule has 0 aromatic carbocycles. The molecule has 0 amide bonds. The van der Waals surface area contributed by atoms with Crippen molar-refractivity contribution in [2.24, 2.45) is 10.9 Å². The molecule has 2 fully saturated rings. The van der Waals surface area contributed by atoms with E-state index in [1.54, 1.807) is 0 Å². The number of ether oxygens (including phenoxy) is 1. The van der Waals surface area contributed by atoms with Gasteiger partial charge in [0.1, 0.15) is 0 Å². The van der Waals surface area contributed by atoms with Crippen molar-refractivity contribution in [2.75, 3.05) is 46.4 Å². The Kier molecular flexibility index (Phi) is 7.30. The van der Waals surface area contributed by atoms with Gasteiger partial charge < -0.3 is 20.3 Å². The Morgan fingerprint density at radius 2 is 2.14 bits per heavy atom. The third-order valence-corrected chi connectivity index (χ3v) is 4.28. The smallest absolute Gasteiger partial charge is 0.191 e. The lowest BCUT2D eigenvalue weighted by molar-refractivity contribution is 0.123. The molecule has 1 unspecified atom stereocenters. The van der Waals surface area contributed by atoms with Crippen LogP contribution in [0.3, 0.4) is 0 Å². The fourth-order valence-electron chi connectivity index (χ4n) is 2.66. The quantitative estimate of drug-likeness (QED) is 0.384. The van der Waals surface area contributed by atoms with Gasteiger partial charge in [-0.15, -0.1) is 0 Å². The van der Waals surface area contributed by atoms with Crippen LogP contribution in [0.25, 0.3) is 0 Å². The molecule has 0 spiro atoms. The predicted octanol–water partition coefficient (Wildman–Crippen LogP) is 1.45. The van der Waals surface area contributed by atoms with Crippen LogP contribution in [-0.4, -0.2) is 63.3 Å². The molecule has 1 aliphatic carbocycles. The van der Waals surface area contributed by atoms with Gasteiger partial charge in [-0.1, -0.05) is 0 Å². The van der Waals surface area contributed by atoms with E-state index in [2.05, 4.69) is 29.5 Å². The van der Waals surface area contributed by atoms with Gasteiger partial charge in [0.25, 0.3) is 0 Å². The van der Waals surface area contributed by atoms with E-state index in [9.17, 15) is 0 Å². The highest BCUT2D eigenvalue weighted by Gasteiger charge is 2.21. The van der Waals surface area contributed by atoms with E-state index < -0.39 is 0 Å². The maximum atomic E-state index is 5.65. The lowest BCUT2D eigenvalue weighted by atomic mass is 10.2. The summed E-state index contributed by atoms with van der Waals surface area (Å²) in [7, 11) is 2.20. The van der Waals surface area contributed by atoms with Crippen molar-refractivity contribution < 1.29 is 4.74 Å². The minimum Gasteiger partial charge on any atom is -0.381 e. The summed E-state index contributed by atoms with van der Waals surface area (Å²) in [5.41, 5.74) is 0. The Bertz CT molecular complexity index is 317. The van der Waals surface area contributed by atoms with Crippen molar-refractivity contribution in [1.82, 2.24) is 15.5 Å². The highest BCUT2D eigenvalue weighted by atomic mass is 16.5. The second-order valence-corrected chi connectivity index (χ2v) is 6.29. The number of guanidine groups is 1. The van der Waals surface area contributed by atoms with Crippen molar-refractivity contribution >= 4 is 5.96 Å². The Balaban J connectivity index is 1.58. The molecule has 2 rings (SSSR count). The molecule has 1 heterocycles. The minimum atomic E-state index is 0.613. The molecular formula is C16H32N4O. The van der Waals surface area contributed by atoms with Crippen LogP contribution in [0, 0.1) is 5.92 Å². The molecule has 5 nitrogen and oxygen atoms in total. The summed E-state index contributed by atoms with van der Waals surface area (Å²) >= 11 is 0. The number of aliphatic imine (C=N–C) groups is 1. The number of hydrogen-bond acceptors (Lipinski definition) is 3. The molecule has 122 valence electrons. The number of hydrogen-bond donors (Lipinski definition) is 2. The summed E-state index contributed by atoms with van der Waals surface area (Å²) in [5.74, 6) is 1.81. The van der Waals surface area contributed by atoms with Crippen LogP contribution in [0.5, 0.6) is 0 Å². The molecule has 1 atom stereocenters. The molecule has 1 saturated heterocycles. The van der Waals surface area contributed by atoms with E-state index in [0.717, 1.165) is 51.1 Å². The van der Waals surface area contributed by atoms with Crippen molar-refractivity contribution in [1.29, 1.82) is 0 Å². The lowest BCUT2D eigenvalue weighted by Gasteiger charge is -2.18. The molecule has 1 saturated carbocycles. The van der Waals surface area contributed by atoms with Gasteiger partial charge in [-0.3, -0.25) is 4.99 Å². The van der Waals surface area contributed by atoms with Gasteiger partial charge >= 0.3 is 0 Å². The van der Waals surface area contributed by atoms with Crippen LogP contribution in [0.2, 0.25) is 0 Å². The Morgan fingerprint density at radius 3 is 2.81 bits per heavy atom. The average molecular weight is 296 g/mol. The van der Waals surface area contributed by atoms with Crippen LogP contribution in [0.4, 0.5) is 0 Å². The predicted molar refractivity (Wildman–Crippen MR) is 87.8 cm³/mol. The Hall–Kier alpha value is -0.810. The van der Waals surface area contributed by atoms with Crippen molar-refractivity contribution in [3.05, 3.63) is 0 Å². The first-order valence-electron chi connectivity index (χ1n) is 8.59. The molecule has 21 heavy (non-hydrogen) atoms. The van der Waals surface area contributed by atoms with E-state index in [1.807, 2.05) is 0 Å². The van der Waals surface area contributed by atoms with Crippen LogP contribution in [-0.2, 0) is 4.74 Å². The monoisotopic (exact) mass is 296 g/mol. The zero-order valence-electron chi connectivity index (χ0n) is 13.7. The molecule has 0 aromatic rings. The summed E-state index contributed by atoms with van der Waals surface area (Å²) < 4.78 is 5.65. The molecule has 0 radical (unpaired) electrons. The number of likely N-dealkylation sites (tertiary alicyclic amines) is 1. The molecule has 0 bridgehead atoms. The Morgan fingerprint density at radius 1 is 1.29 bits per heavy atom. The molecule has 1 aliphatic heterocycles. The third kappa shape index (κ3) is 6.66. The molecule has 0 aromatic heterocycles. The summed E-state index contributed by atoms with van der Waals surface area (Å²) in [6, 6.07) is 0.613. The number of rotatable bonds is 9. The van der Waals surface area contributed by atoms with Crippen LogP contribution < -0.4 is 10.6 Å². The normalized spacial score (nSPS) is 23.5. The number of likely N-dealkylation sites (N-methyl/N-ethyl adjacent to an activating group) is 1. The summed E-state index contributed by atoms with van der Waals surface area (Å²) in [5, 5.41) is 6.72. The number of nitrogens with one attached hydrogen (secondary N) is 2. The second-order valence-electron chi connectivity index (χ2n) is 6.29. The van der Waals surface area contributed by atoms with Crippen molar-refractivity contribution in [3.8, 4) is 0 Å². The summed E-state index contributed by atoms with van der Waals surface area (Å²) in [6.07, 6.45) is 6.35. The van der Waals surface area contributed by atoms with Crippen LogP contribution in [0.15, 0.2) is 4.99 Å². The Labute approximate surface area is 129 Å². The van der Waals surface area contributed by atoms with Crippen LogP contribution in [0.1, 0.15) is 39.0 Å². The first-order valence-corrected chi connectivity index (χ1v) is 8.59. The first-order chi connectivity index (χ1) is 10.3. The van der Waals surface area contributed by atoms with E-state index in [4.69, 9.17) is 9.73 Å². The highest BCUT2D eigenvalue weighted by molar-refractivity contribution is 5.79. The molecule has 5 heteroatoms. The maximum Gasteiger partial charge on any atom is 0.191 e. The summed E-state index contributed by atoms with van der Waals surface area (Å²) in [4.78, 5) is 7.13. The van der Waals surface area contributed by atoms with Gasteiger partial charge in [-0.2, -0.15) is 0 Å². The van der Waals surface area contributed by atoms with Gasteiger partial charge in [0.2, 0.25) is 0 Å². The summed E-state index contributed by atoms with van der Waals surface area (Å²) in [6.45, 7) is 7.86. The fraction of sp³-hybridized carbons (Fsp3) is 0.938. The lowest BCUT2D eigenvalue weighted by Crippen LogP contribution is -2.39. The van der Waals surface area contributed by atoms with Gasteiger partial charge in [-0.25, -0.2) is 0 Å². The van der Waals surface area contributed by atoms with E-state index >= 15 is 0 Å². The topological polar surface area (TPSA) is 48.9 Å². The van der Waals surface area contributed by atoms with E-state index in [1.165, 1.54) is 32.2 Å². The zero-order valence-corrected chi connectivity index (χ0v) is 13.7. The molecule has 2 N–H and O–H groups in total. The number of nitrogens with zero attached hydrogens (tertiary/aromatic N) is 2. The fourth-order valence-corrected chi connectivity index (χ4v) is 2.66. The van der Waals surface area contributed by atoms with Gasteiger partial charge in [0.15, 0.2) is 5.96 Å². The zero-order chi connectivity index (χ0) is 14.9.